The topological polar surface area (TPSA) is 24.1 Å². The Morgan fingerprint density at radius 2 is 1.89 bits per heavy atom. The van der Waals surface area contributed by atoms with Gasteiger partial charge >= 0.3 is 0 Å². The minimum Gasteiger partial charge on any atom is -0.261 e. The summed E-state index contributed by atoms with van der Waals surface area (Å²) in [5, 5.41) is 0. The number of hydrogen-bond donors (Lipinski definition) is 2. The van der Waals surface area contributed by atoms with Gasteiger partial charge in [0.25, 0.3) is 0 Å². The second-order valence-corrected chi connectivity index (χ2v) is 3.12. The summed E-state index contributed by atoms with van der Waals surface area (Å²) in [6, 6.07) is 0. The minimum absolute atomic E-state index is 0.420. The second-order valence-electron chi connectivity index (χ2n) is 3.12. The zero-order valence-electron chi connectivity index (χ0n) is 6.91. The highest BCUT2D eigenvalue weighted by Crippen LogP contribution is 2.16. The Morgan fingerprint density at radius 1 is 1.33 bits per heavy atom. The quantitative estimate of drug-likeness (QED) is 0.558. The molecule has 0 aromatic heterocycles. The molecule has 0 bridgehead atoms. The maximum absolute atomic E-state index is 3.09. The fourth-order valence-electron chi connectivity index (χ4n) is 0.453. The summed E-state index contributed by atoms with van der Waals surface area (Å²) in [6.07, 6.45) is 1.21. The molecule has 9 heavy (non-hydrogen) atoms. The van der Waals surface area contributed by atoms with Crippen molar-refractivity contribution < 1.29 is 0 Å². The molecule has 0 aliphatic heterocycles. The van der Waals surface area contributed by atoms with Crippen molar-refractivity contribution in [1.82, 2.24) is 10.9 Å². The smallest absolute Gasteiger partial charge is 0.0151 e. The monoisotopic (exact) mass is 130 g/mol. The Balaban J connectivity index is 3.33. The van der Waals surface area contributed by atoms with Crippen molar-refractivity contribution >= 4 is 0 Å². The van der Waals surface area contributed by atoms with Crippen LogP contribution in [0, 0.1) is 5.41 Å². The van der Waals surface area contributed by atoms with Crippen molar-refractivity contribution in [3.05, 3.63) is 0 Å². The first kappa shape index (κ1) is 8.92. The Hall–Kier alpha value is -0.0800. The van der Waals surface area contributed by atoms with Crippen LogP contribution in [0.4, 0.5) is 0 Å². The largest absolute Gasteiger partial charge is 0.261 e. The zero-order chi connectivity index (χ0) is 7.33. The first-order valence-corrected chi connectivity index (χ1v) is 3.52. The average Bonchev–Trinajstić information content (AvgIpc) is 1.84. The standard InChI is InChI=1S/C7H18N2/c1-5-7(2,3)6-9-8-4/h8-9H,5-6H2,1-4H3. The van der Waals surface area contributed by atoms with Crippen LogP contribution in [-0.2, 0) is 0 Å². The van der Waals surface area contributed by atoms with Crippen molar-refractivity contribution in [1.29, 1.82) is 0 Å². The van der Waals surface area contributed by atoms with Gasteiger partial charge in [0.2, 0.25) is 0 Å². The van der Waals surface area contributed by atoms with Crippen molar-refractivity contribution in [3.8, 4) is 0 Å². The van der Waals surface area contributed by atoms with Crippen LogP contribution in [0.15, 0.2) is 0 Å². The molecule has 2 N–H and O–H groups in total. The molecule has 0 aliphatic carbocycles. The molecule has 0 fully saturated rings. The van der Waals surface area contributed by atoms with Crippen LogP contribution >= 0.6 is 0 Å². The third-order valence-corrected chi connectivity index (χ3v) is 1.70. The molecular formula is C7H18N2. The van der Waals surface area contributed by atoms with Gasteiger partial charge in [-0.05, 0) is 18.9 Å². The van der Waals surface area contributed by atoms with Crippen molar-refractivity contribution in [2.24, 2.45) is 5.41 Å². The van der Waals surface area contributed by atoms with E-state index in [1.54, 1.807) is 0 Å². The molecule has 0 saturated heterocycles. The van der Waals surface area contributed by atoms with Gasteiger partial charge in [-0.25, -0.2) is 0 Å². The fourth-order valence-corrected chi connectivity index (χ4v) is 0.453. The molecule has 0 radical (unpaired) electrons. The molecule has 0 spiro atoms. The van der Waals surface area contributed by atoms with Crippen LogP contribution in [-0.4, -0.2) is 13.6 Å². The van der Waals surface area contributed by atoms with Crippen LogP contribution in [0.2, 0.25) is 0 Å². The predicted octanol–water partition coefficient (Wildman–Crippen LogP) is 1.15. The molecule has 0 atom stereocenters. The molecule has 0 aromatic carbocycles. The fraction of sp³-hybridized carbons (Fsp3) is 1.00. The zero-order valence-corrected chi connectivity index (χ0v) is 6.91. The molecule has 56 valence electrons. The van der Waals surface area contributed by atoms with Gasteiger partial charge in [-0.1, -0.05) is 20.8 Å². The SMILES string of the molecule is CCC(C)(C)CNNC. The van der Waals surface area contributed by atoms with Crippen molar-refractivity contribution in [2.75, 3.05) is 13.6 Å². The lowest BCUT2D eigenvalue weighted by Gasteiger charge is -2.22. The average molecular weight is 130 g/mol. The third kappa shape index (κ3) is 4.43. The van der Waals surface area contributed by atoms with Crippen LogP contribution in [0.3, 0.4) is 0 Å². The lowest BCUT2D eigenvalue weighted by molar-refractivity contribution is 0.314. The number of rotatable bonds is 4. The van der Waals surface area contributed by atoms with Gasteiger partial charge in [-0.15, -0.1) is 0 Å². The summed E-state index contributed by atoms with van der Waals surface area (Å²) in [5.74, 6) is 0. The summed E-state index contributed by atoms with van der Waals surface area (Å²) >= 11 is 0. The van der Waals surface area contributed by atoms with Gasteiger partial charge in [-0.2, -0.15) is 0 Å². The maximum Gasteiger partial charge on any atom is 0.0151 e. The molecule has 0 rings (SSSR count). The molecule has 0 heterocycles. The predicted molar refractivity (Wildman–Crippen MR) is 41.1 cm³/mol. The van der Waals surface area contributed by atoms with E-state index in [0.29, 0.717) is 5.41 Å². The summed E-state index contributed by atoms with van der Waals surface area (Å²) < 4.78 is 0. The molecular weight excluding hydrogens is 112 g/mol. The molecule has 2 heteroatoms. The van der Waals surface area contributed by atoms with Crippen LogP contribution < -0.4 is 10.9 Å². The Morgan fingerprint density at radius 3 is 2.22 bits per heavy atom. The maximum atomic E-state index is 3.09. The van der Waals surface area contributed by atoms with E-state index in [1.165, 1.54) is 6.42 Å². The van der Waals surface area contributed by atoms with E-state index in [2.05, 4.69) is 31.6 Å². The third-order valence-electron chi connectivity index (χ3n) is 1.70. The molecule has 0 saturated carbocycles. The molecule has 0 unspecified atom stereocenters. The second kappa shape index (κ2) is 3.85. The summed E-state index contributed by atoms with van der Waals surface area (Å²) in [6.45, 7) is 7.73. The molecule has 0 amide bonds. The van der Waals surface area contributed by atoms with E-state index in [4.69, 9.17) is 0 Å². The van der Waals surface area contributed by atoms with E-state index in [9.17, 15) is 0 Å². The van der Waals surface area contributed by atoms with Crippen LogP contribution in [0.25, 0.3) is 0 Å². The minimum atomic E-state index is 0.420. The lowest BCUT2D eigenvalue weighted by Crippen LogP contribution is -2.36. The van der Waals surface area contributed by atoms with E-state index in [-0.39, 0.29) is 0 Å². The van der Waals surface area contributed by atoms with Gasteiger partial charge in [0, 0.05) is 6.54 Å². The first-order chi connectivity index (χ1) is 4.12. The molecule has 0 aliphatic rings. The van der Waals surface area contributed by atoms with Gasteiger partial charge in [0.05, 0.1) is 0 Å². The van der Waals surface area contributed by atoms with E-state index in [1.807, 2.05) is 7.05 Å². The van der Waals surface area contributed by atoms with Gasteiger partial charge < -0.3 is 0 Å². The number of nitrogens with one attached hydrogen (secondary N) is 2. The highest BCUT2D eigenvalue weighted by atomic mass is 15.3. The highest BCUT2D eigenvalue weighted by molar-refractivity contribution is 4.67. The van der Waals surface area contributed by atoms with Gasteiger partial charge in [0.1, 0.15) is 0 Å². The normalized spacial score (nSPS) is 12.0. The Bertz CT molecular complexity index is 69.3. The van der Waals surface area contributed by atoms with Crippen LogP contribution in [0.5, 0.6) is 0 Å². The Kier molecular flexibility index (Phi) is 3.82. The molecule has 2 nitrogen and oxygen atoms in total. The van der Waals surface area contributed by atoms with E-state index < -0.39 is 0 Å². The van der Waals surface area contributed by atoms with Crippen LogP contribution in [0.1, 0.15) is 27.2 Å². The highest BCUT2D eigenvalue weighted by Gasteiger charge is 2.12. The lowest BCUT2D eigenvalue weighted by atomic mass is 9.91. The van der Waals surface area contributed by atoms with Gasteiger partial charge in [-0.3, -0.25) is 10.9 Å². The number of hydrogen-bond acceptors (Lipinski definition) is 2. The van der Waals surface area contributed by atoms with E-state index in [0.717, 1.165) is 6.54 Å². The van der Waals surface area contributed by atoms with Crippen molar-refractivity contribution in [3.63, 3.8) is 0 Å². The summed E-state index contributed by atoms with van der Waals surface area (Å²) in [4.78, 5) is 0. The summed E-state index contributed by atoms with van der Waals surface area (Å²) in [5.41, 5.74) is 6.42. The number of hydrazine groups is 1. The van der Waals surface area contributed by atoms with E-state index >= 15 is 0 Å². The van der Waals surface area contributed by atoms with Crippen molar-refractivity contribution in [2.45, 2.75) is 27.2 Å². The van der Waals surface area contributed by atoms with Gasteiger partial charge in [0.15, 0.2) is 0 Å². The first-order valence-electron chi connectivity index (χ1n) is 3.52. The Labute approximate surface area is 58.0 Å². The summed E-state index contributed by atoms with van der Waals surface area (Å²) in [7, 11) is 1.89. The molecule has 0 aromatic rings.